The molecule has 0 heterocycles. The van der Waals surface area contributed by atoms with E-state index in [1.807, 2.05) is 27.0 Å². The zero-order valence-electron chi connectivity index (χ0n) is 11.4. The van der Waals surface area contributed by atoms with Crippen LogP contribution in [0.1, 0.15) is 37.5 Å². The molecule has 0 aromatic heterocycles. The Morgan fingerprint density at radius 1 is 1.24 bits per heavy atom. The molecule has 0 saturated heterocycles. The minimum atomic E-state index is 0.584. The first-order valence-electron chi connectivity index (χ1n) is 6.07. The van der Waals surface area contributed by atoms with E-state index in [0.29, 0.717) is 6.54 Å². The predicted molar refractivity (Wildman–Crippen MR) is 75.2 cm³/mol. The summed E-state index contributed by atoms with van der Waals surface area (Å²) in [6, 6.07) is 6.36. The lowest BCUT2D eigenvalue weighted by molar-refractivity contribution is 0.853. The van der Waals surface area contributed by atoms with E-state index in [2.05, 4.69) is 30.4 Å². The average Bonchev–Trinajstić information content (AvgIpc) is 2.30. The summed E-state index contributed by atoms with van der Waals surface area (Å²) in [4.78, 5) is 0. The minimum absolute atomic E-state index is 0.584. The van der Waals surface area contributed by atoms with Crippen molar-refractivity contribution in [2.75, 3.05) is 0 Å². The normalized spacial score (nSPS) is 10.5. The topological polar surface area (TPSA) is 64.1 Å². The highest BCUT2D eigenvalue weighted by Gasteiger charge is 1.96. The third kappa shape index (κ3) is 6.64. The van der Waals surface area contributed by atoms with Crippen molar-refractivity contribution in [3.63, 3.8) is 0 Å². The second-order valence-electron chi connectivity index (χ2n) is 3.80. The summed E-state index contributed by atoms with van der Waals surface area (Å²) >= 11 is 0. The first-order chi connectivity index (χ1) is 8.11. The van der Waals surface area contributed by atoms with Crippen LogP contribution in [0.25, 0.3) is 0 Å². The van der Waals surface area contributed by atoms with Gasteiger partial charge in [-0.2, -0.15) is 0 Å². The maximum atomic E-state index is 5.61. The van der Waals surface area contributed by atoms with Gasteiger partial charge in [-0.15, -0.1) is 0 Å². The SMILES string of the molecule is C/C(N)=C/NCc1cc(C)cc(CN)c1.CC. The highest BCUT2D eigenvalue weighted by Crippen LogP contribution is 2.09. The summed E-state index contributed by atoms with van der Waals surface area (Å²) < 4.78 is 0. The van der Waals surface area contributed by atoms with Gasteiger partial charge in [-0.25, -0.2) is 0 Å². The van der Waals surface area contributed by atoms with Crippen LogP contribution in [-0.4, -0.2) is 0 Å². The van der Waals surface area contributed by atoms with Gasteiger partial charge in [0.2, 0.25) is 0 Å². The summed E-state index contributed by atoms with van der Waals surface area (Å²) in [7, 11) is 0. The van der Waals surface area contributed by atoms with E-state index < -0.39 is 0 Å². The predicted octanol–water partition coefficient (Wildman–Crippen LogP) is 2.39. The number of hydrogen-bond donors (Lipinski definition) is 3. The molecule has 0 atom stereocenters. The number of hydrogen-bond acceptors (Lipinski definition) is 3. The van der Waals surface area contributed by atoms with Gasteiger partial charge in [0.1, 0.15) is 0 Å². The Kier molecular flexibility index (Phi) is 7.89. The molecule has 3 nitrogen and oxygen atoms in total. The van der Waals surface area contributed by atoms with E-state index >= 15 is 0 Å². The first kappa shape index (κ1) is 15.5. The van der Waals surface area contributed by atoms with E-state index in [0.717, 1.165) is 12.2 Å². The van der Waals surface area contributed by atoms with Crippen molar-refractivity contribution < 1.29 is 0 Å². The van der Waals surface area contributed by atoms with Crippen LogP contribution in [0, 0.1) is 6.92 Å². The lowest BCUT2D eigenvalue weighted by atomic mass is 10.1. The van der Waals surface area contributed by atoms with Gasteiger partial charge in [-0.1, -0.05) is 37.6 Å². The smallest absolute Gasteiger partial charge is 0.0396 e. The second-order valence-corrected chi connectivity index (χ2v) is 3.80. The van der Waals surface area contributed by atoms with Crippen molar-refractivity contribution >= 4 is 0 Å². The van der Waals surface area contributed by atoms with E-state index in [1.165, 1.54) is 16.7 Å². The number of aryl methyl sites for hydroxylation is 1. The molecule has 0 spiro atoms. The first-order valence-corrected chi connectivity index (χ1v) is 6.07. The highest BCUT2D eigenvalue weighted by atomic mass is 14.8. The molecule has 0 saturated carbocycles. The number of nitrogens with two attached hydrogens (primary N) is 2. The maximum absolute atomic E-state index is 5.61. The number of allylic oxidation sites excluding steroid dienone is 1. The summed E-state index contributed by atoms with van der Waals surface area (Å²) in [6.45, 7) is 9.30. The Morgan fingerprint density at radius 2 is 1.82 bits per heavy atom. The largest absolute Gasteiger partial charge is 0.401 e. The molecule has 17 heavy (non-hydrogen) atoms. The third-order valence-electron chi connectivity index (χ3n) is 2.07. The lowest BCUT2D eigenvalue weighted by Crippen LogP contribution is -2.09. The number of rotatable bonds is 4. The fourth-order valence-electron chi connectivity index (χ4n) is 1.50. The highest BCUT2D eigenvalue weighted by molar-refractivity contribution is 5.29. The average molecular weight is 235 g/mol. The van der Waals surface area contributed by atoms with Crippen LogP contribution in [0.15, 0.2) is 30.1 Å². The molecule has 0 radical (unpaired) electrons. The number of nitrogens with one attached hydrogen (secondary N) is 1. The number of benzene rings is 1. The molecule has 96 valence electrons. The molecule has 1 aromatic rings. The Balaban J connectivity index is 0.00000121. The van der Waals surface area contributed by atoms with Crippen molar-refractivity contribution in [3.8, 4) is 0 Å². The summed E-state index contributed by atoms with van der Waals surface area (Å²) in [5.41, 5.74) is 15.5. The monoisotopic (exact) mass is 235 g/mol. The fourth-order valence-corrected chi connectivity index (χ4v) is 1.50. The van der Waals surface area contributed by atoms with Gasteiger partial charge in [0.15, 0.2) is 0 Å². The molecule has 1 aromatic carbocycles. The molecule has 0 aliphatic rings. The van der Waals surface area contributed by atoms with Gasteiger partial charge < -0.3 is 16.8 Å². The van der Waals surface area contributed by atoms with Crippen LogP contribution in [-0.2, 0) is 13.1 Å². The molecule has 0 aliphatic heterocycles. The molecule has 0 aliphatic carbocycles. The Bertz CT molecular complexity index is 352. The van der Waals surface area contributed by atoms with Crippen LogP contribution < -0.4 is 16.8 Å². The van der Waals surface area contributed by atoms with Gasteiger partial charge in [0.05, 0.1) is 0 Å². The zero-order chi connectivity index (χ0) is 13.3. The Morgan fingerprint density at radius 3 is 2.35 bits per heavy atom. The maximum Gasteiger partial charge on any atom is 0.0396 e. The van der Waals surface area contributed by atoms with Gasteiger partial charge in [0, 0.05) is 25.0 Å². The van der Waals surface area contributed by atoms with Crippen LogP contribution in [0.3, 0.4) is 0 Å². The summed E-state index contributed by atoms with van der Waals surface area (Å²) in [6.07, 6.45) is 1.81. The molecule has 0 amide bonds. The van der Waals surface area contributed by atoms with Crippen molar-refractivity contribution in [3.05, 3.63) is 46.8 Å². The standard InChI is InChI=1S/C12H19N3.C2H6/c1-9-3-11(6-13)5-12(4-9)8-15-7-10(2)14;1-2/h3-5,7,15H,6,8,13-14H2,1-2H3;1-2H3/b10-7-;. The Labute approximate surface area is 105 Å². The van der Waals surface area contributed by atoms with E-state index in [-0.39, 0.29) is 0 Å². The molecular weight excluding hydrogens is 210 g/mol. The lowest BCUT2D eigenvalue weighted by Gasteiger charge is -2.06. The van der Waals surface area contributed by atoms with Crippen molar-refractivity contribution in [1.82, 2.24) is 5.32 Å². The van der Waals surface area contributed by atoms with Crippen molar-refractivity contribution in [2.24, 2.45) is 11.5 Å². The second kappa shape index (κ2) is 8.65. The summed E-state index contributed by atoms with van der Waals surface area (Å²) in [5, 5.41) is 3.15. The van der Waals surface area contributed by atoms with Crippen molar-refractivity contribution in [2.45, 2.75) is 40.8 Å². The molecule has 1 rings (SSSR count). The van der Waals surface area contributed by atoms with Gasteiger partial charge in [-0.05, 0) is 25.0 Å². The fraction of sp³-hybridized carbons (Fsp3) is 0.429. The molecule has 0 fully saturated rings. The summed E-state index contributed by atoms with van der Waals surface area (Å²) in [5.74, 6) is 0. The van der Waals surface area contributed by atoms with E-state index in [9.17, 15) is 0 Å². The van der Waals surface area contributed by atoms with Gasteiger partial charge in [-0.3, -0.25) is 0 Å². The van der Waals surface area contributed by atoms with Gasteiger partial charge in [0.25, 0.3) is 0 Å². The molecule has 0 unspecified atom stereocenters. The van der Waals surface area contributed by atoms with Crippen LogP contribution in [0.5, 0.6) is 0 Å². The molecule has 5 N–H and O–H groups in total. The van der Waals surface area contributed by atoms with Crippen LogP contribution in [0.4, 0.5) is 0 Å². The zero-order valence-corrected chi connectivity index (χ0v) is 11.4. The third-order valence-corrected chi connectivity index (χ3v) is 2.07. The minimum Gasteiger partial charge on any atom is -0.401 e. The van der Waals surface area contributed by atoms with Crippen molar-refractivity contribution in [1.29, 1.82) is 0 Å². The molecule has 0 bridgehead atoms. The Hall–Kier alpha value is -1.48. The van der Waals surface area contributed by atoms with E-state index in [1.54, 1.807) is 0 Å². The quantitative estimate of drug-likeness (QED) is 0.751. The molecule has 3 heteroatoms. The molecular formula is C14H25N3. The van der Waals surface area contributed by atoms with Gasteiger partial charge >= 0.3 is 0 Å². The van der Waals surface area contributed by atoms with E-state index in [4.69, 9.17) is 11.5 Å². The van der Waals surface area contributed by atoms with Crippen LogP contribution in [0.2, 0.25) is 0 Å². The van der Waals surface area contributed by atoms with Crippen LogP contribution >= 0.6 is 0 Å².